The molecule has 2 nitrogen and oxygen atoms in total. The Morgan fingerprint density at radius 1 is 1.88 bits per heavy atom. The van der Waals surface area contributed by atoms with Crippen LogP contribution in [0.4, 0.5) is 0 Å². The van der Waals surface area contributed by atoms with Gasteiger partial charge in [-0.1, -0.05) is 6.92 Å². The van der Waals surface area contributed by atoms with Crippen LogP contribution in [0.25, 0.3) is 0 Å². The summed E-state index contributed by atoms with van der Waals surface area (Å²) in [7, 11) is 0. The summed E-state index contributed by atoms with van der Waals surface area (Å²) >= 11 is 0. The van der Waals surface area contributed by atoms with Gasteiger partial charge < -0.3 is 0 Å². The van der Waals surface area contributed by atoms with Crippen molar-refractivity contribution in [3.8, 4) is 0 Å². The standard InChI is InChI=1S/C6H8N2/c1-2-5-6-3-4-7-8(5)6/h3-5H,2H2,1H3. The summed E-state index contributed by atoms with van der Waals surface area (Å²) in [4.78, 5) is 0. The lowest BCUT2D eigenvalue weighted by atomic mass is 10.3. The highest BCUT2D eigenvalue weighted by molar-refractivity contribution is 5.21. The van der Waals surface area contributed by atoms with Gasteiger partial charge in [-0.15, -0.1) is 0 Å². The zero-order valence-corrected chi connectivity index (χ0v) is 4.83. The van der Waals surface area contributed by atoms with Crippen LogP contribution >= 0.6 is 0 Å². The molecule has 42 valence electrons. The summed E-state index contributed by atoms with van der Waals surface area (Å²) in [5.41, 5.74) is 1.40. The Kier molecular flexibility index (Phi) is 0.583. The zero-order valence-electron chi connectivity index (χ0n) is 4.83. The van der Waals surface area contributed by atoms with Gasteiger partial charge in [-0.05, 0) is 12.5 Å². The van der Waals surface area contributed by atoms with E-state index in [1.807, 2.05) is 6.20 Å². The van der Waals surface area contributed by atoms with Crippen LogP contribution in [0, 0.1) is 0 Å². The SMILES string of the molecule is CCC1c2ccnn21. The van der Waals surface area contributed by atoms with Gasteiger partial charge in [0.15, 0.2) is 0 Å². The highest BCUT2D eigenvalue weighted by atomic mass is 15.4. The maximum atomic E-state index is 4.08. The minimum Gasteiger partial charge on any atom is -0.258 e. The van der Waals surface area contributed by atoms with Crippen LogP contribution in [0.1, 0.15) is 25.1 Å². The molecule has 1 aliphatic heterocycles. The number of aromatic nitrogens is 2. The van der Waals surface area contributed by atoms with Crippen LogP contribution in [-0.2, 0) is 0 Å². The van der Waals surface area contributed by atoms with Gasteiger partial charge in [0.2, 0.25) is 0 Å². The van der Waals surface area contributed by atoms with Gasteiger partial charge >= 0.3 is 0 Å². The van der Waals surface area contributed by atoms with Crippen LogP contribution in [0.15, 0.2) is 12.3 Å². The molecule has 0 spiro atoms. The molecule has 2 rings (SSSR count). The Morgan fingerprint density at radius 3 is 3.12 bits per heavy atom. The maximum Gasteiger partial charge on any atom is 0.0937 e. The van der Waals surface area contributed by atoms with Gasteiger partial charge in [-0.3, -0.25) is 4.68 Å². The lowest BCUT2D eigenvalue weighted by Gasteiger charge is -1.82. The van der Waals surface area contributed by atoms with E-state index in [1.165, 1.54) is 12.1 Å². The van der Waals surface area contributed by atoms with E-state index in [0.29, 0.717) is 6.04 Å². The summed E-state index contributed by atoms with van der Waals surface area (Å²) in [6.45, 7) is 2.18. The fourth-order valence-electron chi connectivity index (χ4n) is 1.14. The molecular weight excluding hydrogens is 100 g/mol. The minimum atomic E-state index is 0.667. The molecule has 1 aromatic rings. The van der Waals surface area contributed by atoms with E-state index in [1.54, 1.807) is 0 Å². The van der Waals surface area contributed by atoms with Crippen LogP contribution in [-0.4, -0.2) is 9.78 Å². The highest BCUT2D eigenvalue weighted by Gasteiger charge is 2.30. The molecule has 1 aromatic heterocycles. The molecule has 1 atom stereocenters. The van der Waals surface area contributed by atoms with Crippen molar-refractivity contribution >= 4 is 0 Å². The van der Waals surface area contributed by atoms with Gasteiger partial charge in [-0.25, -0.2) is 0 Å². The van der Waals surface area contributed by atoms with Gasteiger partial charge in [0.05, 0.1) is 11.7 Å². The van der Waals surface area contributed by atoms with Gasteiger partial charge in [0, 0.05) is 6.20 Å². The molecule has 0 bridgehead atoms. The van der Waals surface area contributed by atoms with E-state index in [2.05, 4.69) is 22.8 Å². The number of hydrogen-bond donors (Lipinski definition) is 0. The molecule has 1 aliphatic rings. The van der Waals surface area contributed by atoms with E-state index < -0.39 is 0 Å². The predicted molar refractivity (Wildman–Crippen MR) is 30.7 cm³/mol. The fraction of sp³-hybridized carbons (Fsp3) is 0.500. The molecule has 0 saturated carbocycles. The molecule has 2 heteroatoms. The second-order valence-corrected chi connectivity index (χ2v) is 2.12. The number of rotatable bonds is 1. The maximum absolute atomic E-state index is 4.08. The Morgan fingerprint density at radius 2 is 2.75 bits per heavy atom. The second-order valence-electron chi connectivity index (χ2n) is 2.12. The third-order valence-electron chi connectivity index (χ3n) is 1.66. The fourth-order valence-corrected chi connectivity index (χ4v) is 1.14. The summed E-state index contributed by atoms with van der Waals surface area (Å²) in [5.74, 6) is 0. The second kappa shape index (κ2) is 1.13. The van der Waals surface area contributed by atoms with Crippen molar-refractivity contribution in [1.29, 1.82) is 0 Å². The average molecular weight is 108 g/mol. The third-order valence-corrected chi connectivity index (χ3v) is 1.66. The number of hydrogen-bond acceptors (Lipinski definition) is 1. The monoisotopic (exact) mass is 108 g/mol. The summed E-state index contributed by atoms with van der Waals surface area (Å²) in [6, 6.07) is 2.74. The normalized spacial score (nSPS) is 22.9. The molecule has 0 aliphatic carbocycles. The Labute approximate surface area is 48.1 Å². The van der Waals surface area contributed by atoms with Gasteiger partial charge in [0.25, 0.3) is 0 Å². The first-order valence-corrected chi connectivity index (χ1v) is 2.97. The quantitative estimate of drug-likeness (QED) is 0.528. The molecule has 0 radical (unpaired) electrons. The first kappa shape index (κ1) is 4.13. The molecule has 0 aromatic carbocycles. The van der Waals surface area contributed by atoms with Crippen molar-refractivity contribution in [1.82, 2.24) is 9.78 Å². The average Bonchev–Trinajstić information content (AvgIpc) is 2.22. The third kappa shape index (κ3) is 0.312. The largest absolute Gasteiger partial charge is 0.258 e. The Bertz CT molecular complexity index is 184. The van der Waals surface area contributed by atoms with E-state index in [0.717, 1.165) is 0 Å². The topological polar surface area (TPSA) is 17.8 Å². The number of fused-ring (bicyclic) bond motifs is 1. The Hall–Kier alpha value is -0.790. The van der Waals surface area contributed by atoms with Crippen LogP contribution < -0.4 is 0 Å². The first-order valence-electron chi connectivity index (χ1n) is 2.97. The zero-order chi connectivity index (χ0) is 5.56. The van der Waals surface area contributed by atoms with E-state index >= 15 is 0 Å². The highest BCUT2D eigenvalue weighted by Crippen LogP contribution is 2.34. The lowest BCUT2D eigenvalue weighted by molar-refractivity contribution is 0.705. The molecule has 0 saturated heterocycles. The van der Waals surface area contributed by atoms with Crippen molar-refractivity contribution in [2.24, 2.45) is 0 Å². The van der Waals surface area contributed by atoms with E-state index in [-0.39, 0.29) is 0 Å². The molecule has 0 fully saturated rings. The number of nitrogens with zero attached hydrogens (tertiary/aromatic N) is 2. The van der Waals surface area contributed by atoms with Crippen molar-refractivity contribution in [3.05, 3.63) is 18.0 Å². The predicted octanol–water partition coefficient (Wildman–Crippen LogP) is 1.20. The molecule has 1 unspecified atom stereocenters. The molecule has 8 heavy (non-hydrogen) atoms. The van der Waals surface area contributed by atoms with Gasteiger partial charge in [-0.2, -0.15) is 5.10 Å². The van der Waals surface area contributed by atoms with Crippen LogP contribution in [0.5, 0.6) is 0 Å². The first-order chi connectivity index (χ1) is 3.93. The molecule has 0 N–H and O–H groups in total. The Balaban J connectivity index is 2.30. The van der Waals surface area contributed by atoms with Crippen molar-refractivity contribution in [2.45, 2.75) is 19.4 Å². The van der Waals surface area contributed by atoms with Crippen molar-refractivity contribution in [2.75, 3.05) is 0 Å². The minimum absolute atomic E-state index is 0.667. The van der Waals surface area contributed by atoms with Crippen LogP contribution in [0.3, 0.4) is 0 Å². The van der Waals surface area contributed by atoms with E-state index in [4.69, 9.17) is 0 Å². The summed E-state index contributed by atoms with van der Waals surface area (Å²) in [6.07, 6.45) is 3.05. The smallest absolute Gasteiger partial charge is 0.0937 e. The molecular formula is C6H8N2. The van der Waals surface area contributed by atoms with Crippen molar-refractivity contribution < 1.29 is 0 Å². The lowest BCUT2D eigenvalue weighted by Crippen LogP contribution is -1.80. The summed E-state index contributed by atoms with van der Waals surface area (Å²) < 4.78 is 2.06. The van der Waals surface area contributed by atoms with Gasteiger partial charge in [0.1, 0.15) is 0 Å². The summed E-state index contributed by atoms with van der Waals surface area (Å²) in [5, 5.41) is 4.08. The van der Waals surface area contributed by atoms with E-state index in [9.17, 15) is 0 Å². The van der Waals surface area contributed by atoms with Crippen molar-refractivity contribution in [3.63, 3.8) is 0 Å². The molecule has 2 heterocycles. The molecule has 0 amide bonds. The van der Waals surface area contributed by atoms with Crippen LogP contribution in [0.2, 0.25) is 0 Å².